The molecule has 0 spiro atoms. The van der Waals surface area contributed by atoms with Gasteiger partial charge < -0.3 is 14.4 Å². The average Bonchev–Trinajstić information content (AvgIpc) is 3.17. The fourth-order valence-electron chi connectivity index (χ4n) is 3.55. The summed E-state index contributed by atoms with van der Waals surface area (Å²) in [6.45, 7) is 5.18. The third-order valence-electron chi connectivity index (χ3n) is 4.95. The highest BCUT2D eigenvalue weighted by Crippen LogP contribution is 2.32. The molecule has 152 valence electrons. The van der Waals surface area contributed by atoms with Crippen LogP contribution in [0.1, 0.15) is 28.2 Å². The lowest BCUT2D eigenvalue weighted by Crippen LogP contribution is -2.37. The van der Waals surface area contributed by atoms with E-state index < -0.39 is 0 Å². The Labute approximate surface area is 174 Å². The number of ether oxygens (including phenoxy) is 2. The molecule has 1 atom stereocenters. The number of halogens is 1. The van der Waals surface area contributed by atoms with Crippen LogP contribution in [0.5, 0.6) is 0 Å². The first-order valence-electron chi connectivity index (χ1n) is 9.72. The number of alkyl halides is 1. The number of aromatic nitrogens is 3. The maximum Gasteiger partial charge on any atom is 0.341 e. The van der Waals surface area contributed by atoms with Crippen molar-refractivity contribution in [3.8, 4) is 0 Å². The molecule has 0 radical (unpaired) electrons. The van der Waals surface area contributed by atoms with Gasteiger partial charge in [0.2, 0.25) is 0 Å². The molecule has 0 N–H and O–H groups in total. The van der Waals surface area contributed by atoms with Crippen LogP contribution in [0, 0.1) is 0 Å². The summed E-state index contributed by atoms with van der Waals surface area (Å²) in [5.74, 6) is -0.379. The van der Waals surface area contributed by atoms with Crippen molar-refractivity contribution >= 4 is 34.3 Å². The second-order valence-corrected chi connectivity index (χ2v) is 7.31. The summed E-state index contributed by atoms with van der Waals surface area (Å²) in [5.41, 5.74) is 2.97. The monoisotopic (exact) mass is 414 g/mol. The molecule has 1 unspecified atom stereocenters. The highest BCUT2D eigenvalue weighted by atomic mass is 35.5. The first-order chi connectivity index (χ1) is 14.2. The minimum Gasteiger partial charge on any atom is -0.462 e. The second kappa shape index (κ2) is 8.80. The van der Waals surface area contributed by atoms with Crippen LogP contribution in [0.4, 0.5) is 5.69 Å². The summed E-state index contributed by atoms with van der Waals surface area (Å²) in [6.07, 6.45) is 3.33. The minimum absolute atomic E-state index is 0.238. The highest BCUT2D eigenvalue weighted by molar-refractivity contribution is 6.20. The molecule has 3 aromatic rings. The highest BCUT2D eigenvalue weighted by Gasteiger charge is 2.25. The van der Waals surface area contributed by atoms with E-state index >= 15 is 0 Å². The maximum atomic E-state index is 12.6. The van der Waals surface area contributed by atoms with Crippen molar-refractivity contribution in [2.45, 2.75) is 18.8 Å². The fraction of sp³-hybridized carbons (Fsp3) is 0.381. The molecule has 4 rings (SSSR count). The Hall–Kier alpha value is -2.64. The minimum atomic E-state index is -0.379. The van der Waals surface area contributed by atoms with Gasteiger partial charge >= 0.3 is 5.97 Å². The number of hydrogen-bond acceptors (Lipinski definition) is 6. The van der Waals surface area contributed by atoms with Gasteiger partial charge in [-0.15, -0.1) is 11.6 Å². The summed E-state index contributed by atoms with van der Waals surface area (Å²) >= 11 is 6.62. The molecule has 3 heterocycles. The van der Waals surface area contributed by atoms with E-state index in [9.17, 15) is 4.79 Å². The molecule has 1 aromatic carbocycles. The van der Waals surface area contributed by atoms with E-state index in [0.717, 1.165) is 16.6 Å². The summed E-state index contributed by atoms with van der Waals surface area (Å²) in [7, 11) is 0. The van der Waals surface area contributed by atoms with Crippen molar-refractivity contribution in [2.75, 3.05) is 37.8 Å². The lowest BCUT2D eigenvalue weighted by Gasteiger charge is -2.30. The van der Waals surface area contributed by atoms with E-state index in [0.29, 0.717) is 50.7 Å². The van der Waals surface area contributed by atoms with E-state index in [1.807, 2.05) is 30.3 Å². The van der Waals surface area contributed by atoms with Crippen molar-refractivity contribution in [3.63, 3.8) is 0 Å². The summed E-state index contributed by atoms with van der Waals surface area (Å²) < 4.78 is 12.5. The van der Waals surface area contributed by atoms with Gasteiger partial charge in [-0.3, -0.25) is 0 Å². The molecule has 1 saturated heterocycles. The number of carbonyl (C=O) groups is 1. The van der Waals surface area contributed by atoms with E-state index in [1.165, 1.54) is 0 Å². The summed E-state index contributed by atoms with van der Waals surface area (Å²) in [6, 6.07) is 9.88. The topological polar surface area (TPSA) is 69.5 Å². The molecular weight excluding hydrogens is 392 g/mol. The lowest BCUT2D eigenvalue weighted by atomic mass is 10.1. The van der Waals surface area contributed by atoms with Gasteiger partial charge in [-0.1, -0.05) is 30.3 Å². The Kier molecular flexibility index (Phi) is 5.97. The van der Waals surface area contributed by atoms with Crippen LogP contribution in [0.2, 0.25) is 0 Å². The van der Waals surface area contributed by atoms with Gasteiger partial charge in [-0.05, 0) is 12.5 Å². The van der Waals surface area contributed by atoms with Crippen LogP contribution in [0.25, 0.3) is 11.0 Å². The molecule has 7 nitrogen and oxygen atoms in total. The van der Waals surface area contributed by atoms with E-state index in [2.05, 4.69) is 15.0 Å². The largest absolute Gasteiger partial charge is 0.462 e. The number of carbonyl (C=O) groups excluding carboxylic acids is 1. The van der Waals surface area contributed by atoms with Crippen molar-refractivity contribution in [2.24, 2.45) is 0 Å². The van der Waals surface area contributed by atoms with Crippen molar-refractivity contribution in [3.05, 3.63) is 53.9 Å². The van der Waals surface area contributed by atoms with Gasteiger partial charge in [-0.2, -0.15) is 5.10 Å². The molecule has 1 aliphatic rings. The number of pyridine rings is 1. The van der Waals surface area contributed by atoms with Crippen molar-refractivity contribution < 1.29 is 14.3 Å². The number of benzene rings is 1. The molecule has 1 fully saturated rings. The fourth-order valence-corrected chi connectivity index (χ4v) is 3.83. The Morgan fingerprint density at radius 2 is 2.00 bits per heavy atom. The molecule has 2 aromatic heterocycles. The van der Waals surface area contributed by atoms with Crippen LogP contribution in [0.3, 0.4) is 0 Å². The number of fused-ring (bicyclic) bond motifs is 1. The Morgan fingerprint density at radius 3 is 2.72 bits per heavy atom. The predicted molar refractivity (Wildman–Crippen MR) is 112 cm³/mol. The van der Waals surface area contributed by atoms with E-state index in [-0.39, 0.29) is 11.3 Å². The molecule has 0 amide bonds. The predicted octanol–water partition coefficient (Wildman–Crippen LogP) is 3.42. The molecule has 0 aliphatic carbocycles. The standard InChI is InChI=1S/C21H23ClN4O3/c1-2-29-21(27)17-12-23-20-16(19(17)25-8-10-28-11-9-25)13-24-26(20)14-18(22)15-6-4-3-5-7-15/h3-7,12-13,18H,2,8-11,14H2,1H3. The third-order valence-corrected chi connectivity index (χ3v) is 5.34. The SMILES string of the molecule is CCOC(=O)c1cnc2c(cnn2CC(Cl)c2ccccc2)c1N1CCOCC1. The number of nitrogens with zero attached hydrogens (tertiary/aromatic N) is 4. The zero-order chi connectivity index (χ0) is 20.2. The first kappa shape index (κ1) is 19.7. The van der Waals surface area contributed by atoms with Gasteiger partial charge in [0.15, 0.2) is 5.65 Å². The zero-order valence-electron chi connectivity index (χ0n) is 16.3. The Morgan fingerprint density at radius 1 is 1.24 bits per heavy atom. The van der Waals surface area contributed by atoms with Gasteiger partial charge in [0.05, 0.1) is 49.0 Å². The normalized spacial score (nSPS) is 15.4. The van der Waals surface area contributed by atoms with Gasteiger partial charge in [0.25, 0.3) is 0 Å². The second-order valence-electron chi connectivity index (χ2n) is 6.78. The van der Waals surface area contributed by atoms with E-state index in [1.54, 1.807) is 24.0 Å². The zero-order valence-corrected chi connectivity index (χ0v) is 17.0. The number of hydrogen-bond donors (Lipinski definition) is 0. The smallest absolute Gasteiger partial charge is 0.341 e. The Balaban J connectivity index is 1.73. The van der Waals surface area contributed by atoms with Crippen LogP contribution in [-0.4, -0.2) is 53.6 Å². The maximum absolute atomic E-state index is 12.6. The quantitative estimate of drug-likeness (QED) is 0.454. The number of morpholine rings is 1. The van der Waals surface area contributed by atoms with Crippen LogP contribution in [0.15, 0.2) is 42.7 Å². The number of rotatable bonds is 6. The van der Waals surface area contributed by atoms with Gasteiger partial charge in [0.1, 0.15) is 5.56 Å². The van der Waals surface area contributed by atoms with Crippen molar-refractivity contribution in [1.82, 2.24) is 14.8 Å². The summed E-state index contributed by atoms with van der Waals surface area (Å²) in [4.78, 5) is 19.2. The third kappa shape index (κ3) is 4.06. The molecule has 29 heavy (non-hydrogen) atoms. The summed E-state index contributed by atoms with van der Waals surface area (Å²) in [5, 5.41) is 5.10. The van der Waals surface area contributed by atoms with Gasteiger partial charge in [-0.25, -0.2) is 14.5 Å². The number of esters is 1. The van der Waals surface area contributed by atoms with Crippen LogP contribution >= 0.6 is 11.6 Å². The average molecular weight is 415 g/mol. The molecule has 1 aliphatic heterocycles. The molecule has 8 heteroatoms. The van der Waals surface area contributed by atoms with Gasteiger partial charge in [0, 0.05) is 19.3 Å². The lowest BCUT2D eigenvalue weighted by molar-refractivity contribution is 0.0526. The van der Waals surface area contributed by atoms with Crippen molar-refractivity contribution in [1.29, 1.82) is 0 Å². The molecule has 0 bridgehead atoms. The molecule has 0 saturated carbocycles. The van der Waals surface area contributed by atoms with Crippen LogP contribution < -0.4 is 4.90 Å². The van der Waals surface area contributed by atoms with Crippen LogP contribution in [-0.2, 0) is 16.0 Å². The number of anilines is 1. The Bertz CT molecular complexity index is 986. The first-order valence-corrected chi connectivity index (χ1v) is 10.2. The molecular formula is C21H23ClN4O3. The van der Waals surface area contributed by atoms with E-state index in [4.69, 9.17) is 21.1 Å².